The van der Waals surface area contributed by atoms with Crippen LogP contribution in [-0.2, 0) is 4.79 Å². The van der Waals surface area contributed by atoms with Crippen LogP contribution >= 0.6 is 0 Å². The number of carbonyl (C=O) groups is 1. The second-order valence-electron chi connectivity index (χ2n) is 13.6. The quantitative estimate of drug-likeness (QED) is 0.402. The van der Waals surface area contributed by atoms with Crippen molar-refractivity contribution in [1.29, 1.82) is 0 Å². The minimum absolute atomic E-state index is 0.0358. The first-order valence-electron chi connectivity index (χ1n) is 15.0. The highest BCUT2D eigenvalue weighted by Crippen LogP contribution is 2.68. The van der Waals surface area contributed by atoms with Crippen molar-refractivity contribution in [3.05, 3.63) is 18.2 Å². The number of carbonyl (C=O) groups excluding carboxylic acids is 1. The SMILES string of the molecule is COc1ccc(NC(=O)CC[C@H](C)[C@@H]2CC[C@@H]3[C@H]4[C@H](O)C[C@H]5C[C@@H](O)CC[C@@]5(C)[C@@H]4CC[C@]32C)cc1OC. The van der Waals surface area contributed by atoms with Crippen LogP contribution in [-0.4, -0.2) is 42.5 Å². The van der Waals surface area contributed by atoms with Crippen LogP contribution in [0.2, 0.25) is 0 Å². The van der Waals surface area contributed by atoms with Crippen molar-refractivity contribution in [2.45, 2.75) is 97.2 Å². The summed E-state index contributed by atoms with van der Waals surface area (Å²) < 4.78 is 10.7. The Labute approximate surface area is 228 Å². The molecule has 6 heteroatoms. The fourth-order valence-electron chi connectivity index (χ4n) is 9.87. The molecule has 0 bridgehead atoms. The number of anilines is 1. The number of hydrogen-bond acceptors (Lipinski definition) is 5. The van der Waals surface area contributed by atoms with Crippen molar-refractivity contribution in [3.63, 3.8) is 0 Å². The maximum Gasteiger partial charge on any atom is 0.224 e. The van der Waals surface area contributed by atoms with Crippen LogP contribution in [0.15, 0.2) is 18.2 Å². The van der Waals surface area contributed by atoms with E-state index in [4.69, 9.17) is 9.47 Å². The molecule has 4 aliphatic rings. The smallest absolute Gasteiger partial charge is 0.224 e. The monoisotopic (exact) mass is 527 g/mol. The molecule has 0 spiro atoms. The molecule has 0 saturated heterocycles. The molecule has 1 aromatic rings. The van der Waals surface area contributed by atoms with Gasteiger partial charge in [-0.2, -0.15) is 0 Å². The molecule has 0 aliphatic heterocycles. The summed E-state index contributed by atoms with van der Waals surface area (Å²) in [6.07, 6.45) is 9.51. The summed E-state index contributed by atoms with van der Waals surface area (Å²) in [5.41, 5.74) is 1.22. The van der Waals surface area contributed by atoms with Gasteiger partial charge < -0.3 is 25.0 Å². The van der Waals surface area contributed by atoms with Crippen LogP contribution in [0, 0.1) is 46.3 Å². The molecular weight excluding hydrogens is 478 g/mol. The number of amides is 1. The minimum Gasteiger partial charge on any atom is -0.493 e. The van der Waals surface area contributed by atoms with E-state index in [0.717, 1.165) is 37.8 Å². The fourth-order valence-corrected chi connectivity index (χ4v) is 9.87. The molecule has 0 radical (unpaired) electrons. The van der Waals surface area contributed by atoms with Gasteiger partial charge in [-0.05, 0) is 116 Å². The highest BCUT2D eigenvalue weighted by Gasteiger charge is 2.62. The van der Waals surface area contributed by atoms with Gasteiger partial charge in [0.2, 0.25) is 5.91 Å². The number of aliphatic hydroxyl groups excluding tert-OH is 2. The lowest BCUT2D eigenvalue weighted by molar-refractivity contribution is -0.174. The van der Waals surface area contributed by atoms with Crippen molar-refractivity contribution in [2.75, 3.05) is 19.5 Å². The third-order valence-corrected chi connectivity index (χ3v) is 11.9. The zero-order chi connectivity index (χ0) is 27.2. The van der Waals surface area contributed by atoms with Gasteiger partial charge in [0.25, 0.3) is 0 Å². The van der Waals surface area contributed by atoms with Crippen LogP contribution in [0.5, 0.6) is 11.5 Å². The Balaban J connectivity index is 1.22. The Kier molecular flexibility index (Phi) is 7.78. The average molecular weight is 528 g/mol. The first kappa shape index (κ1) is 27.8. The number of nitrogens with one attached hydrogen (secondary N) is 1. The number of methoxy groups -OCH3 is 2. The van der Waals surface area contributed by atoms with E-state index in [-0.39, 0.29) is 28.9 Å². The van der Waals surface area contributed by atoms with Crippen LogP contribution in [0.25, 0.3) is 0 Å². The highest BCUT2D eigenvalue weighted by molar-refractivity contribution is 5.91. The van der Waals surface area contributed by atoms with Gasteiger partial charge in [0.05, 0.1) is 26.4 Å². The van der Waals surface area contributed by atoms with E-state index < -0.39 is 0 Å². The molecule has 212 valence electrons. The van der Waals surface area contributed by atoms with Gasteiger partial charge in [-0.15, -0.1) is 0 Å². The lowest BCUT2D eigenvalue weighted by Crippen LogP contribution is -2.58. The summed E-state index contributed by atoms with van der Waals surface area (Å²) in [5.74, 6) is 4.31. The first-order valence-corrected chi connectivity index (χ1v) is 15.0. The minimum atomic E-state index is -0.241. The van der Waals surface area contributed by atoms with Crippen LogP contribution in [0.4, 0.5) is 5.69 Å². The lowest BCUT2D eigenvalue weighted by atomic mass is 9.43. The number of ether oxygens (including phenoxy) is 2. The number of benzene rings is 1. The second kappa shape index (κ2) is 10.6. The molecule has 0 unspecified atom stereocenters. The van der Waals surface area contributed by atoms with Gasteiger partial charge in [-0.3, -0.25) is 4.79 Å². The molecule has 38 heavy (non-hydrogen) atoms. The molecule has 1 amide bonds. The van der Waals surface area contributed by atoms with E-state index in [9.17, 15) is 15.0 Å². The van der Waals surface area contributed by atoms with Gasteiger partial charge in [-0.25, -0.2) is 0 Å². The summed E-state index contributed by atoms with van der Waals surface area (Å²) in [5, 5.41) is 24.8. The number of fused-ring (bicyclic) bond motifs is 5. The fraction of sp³-hybridized carbons (Fsp3) is 0.781. The molecule has 4 aliphatic carbocycles. The molecular formula is C32H49NO5. The van der Waals surface area contributed by atoms with E-state index in [2.05, 4.69) is 26.1 Å². The third kappa shape index (κ3) is 4.74. The van der Waals surface area contributed by atoms with Gasteiger partial charge in [0.1, 0.15) is 0 Å². The third-order valence-electron chi connectivity index (χ3n) is 11.9. The lowest BCUT2D eigenvalue weighted by Gasteiger charge is -2.62. The molecule has 5 rings (SSSR count). The number of rotatable bonds is 7. The predicted molar refractivity (Wildman–Crippen MR) is 149 cm³/mol. The highest BCUT2D eigenvalue weighted by atomic mass is 16.5. The van der Waals surface area contributed by atoms with Crippen LogP contribution in [0.1, 0.15) is 85.0 Å². The Morgan fingerprint density at radius 1 is 1.00 bits per heavy atom. The van der Waals surface area contributed by atoms with Gasteiger partial charge in [0, 0.05) is 18.2 Å². The molecule has 4 saturated carbocycles. The molecule has 3 N–H and O–H groups in total. The Morgan fingerprint density at radius 2 is 1.71 bits per heavy atom. The normalized spacial score (nSPS) is 40.9. The van der Waals surface area contributed by atoms with Crippen LogP contribution in [0.3, 0.4) is 0 Å². The molecule has 1 aromatic carbocycles. The molecule has 0 heterocycles. The molecule has 6 nitrogen and oxygen atoms in total. The maximum atomic E-state index is 12.8. The zero-order valence-corrected chi connectivity index (χ0v) is 24.0. The molecule has 0 aromatic heterocycles. The van der Waals surface area contributed by atoms with Gasteiger partial charge >= 0.3 is 0 Å². The van der Waals surface area contributed by atoms with E-state index in [0.29, 0.717) is 53.4 Å². The van der Waals surface area contributed by atoms with E-state index in [1.807, 2.05) is 12.1 Å². The Bertz CT molecular complexity index is 1010. The topological polar surface area (TPSA) is 88.0 Å². The van der Waals surface area contributed by atoms with Crippen molar-refractivity contribution in [1.82, 2.24) is 0 Å². The second-order valence-corrected chi connectivity index (χ2v) is 13.6. The van der Waals surface area contributed by atoms with E-state index in [1.165, 1.54) is 25.7 Å². The summed E-state index contributed by atoms with van der Waals surface area (Å²) in [6, 6.07) is 5.46. The summed E-state index contributed by atoms with van der Waals surface area (Å²) >= 11 is 0. The van der Waals surface area contributed by atoms with Crippen molar-refractivity contribution < 1.29 is 24.5 Å². The van der Waals surface area contributed by atoms with Crippen molar-refractivity contribution >= 4 is 11.6 Å². The van der Waals surface area contributed by atoms with E-state index in [1.54, 1.807) is 20.3 Å². The standard InChI is InChI=1S/C32H49NO5/c1-19(6-11-29(36)33-21-7-10-27(37-4)28(18-21)38-5)23-8-9-24-30-25(13-15-32(23,24)3)31(2)14-12-22(34)16-20(31)17-26(30)35/h7,10,18-20,22-26,30,34-35H,6,8-9,11-17H2,1-5H3,(H,33,36)/t19-,20+,22-,23-,24+,25+,26+,30+,31+,32-/m0/s1. The molecule has 10 atom stereocenters. The maximum absolute atomic E-state index is 12.8. The largest absolute Gasteiger partial charge is 0.493 e. The number of aliphatic hydroxyl groups is 2. The van der Waals surface area contributed by atoms with E-state index >= 15 is 0 Å². The summed E-state index contributed by atoms with van der Waals surface area (Å²) in [7, 11) is 3.20. The Hall–Kier alpha value is -1.79. The summed E-state index contributed by atoms with van der Waals surface area (Å²) in [4.78, 5) is 12.8. The van der Waals surface area contributed by atoms with Crippen LogP contribution < -0.4 is 14.8 Å². The predicted octanol–water partition coefficient (Wildman–Crippen LogP) is 6.05. The number of hydrogen-bond donors (Lipinski definition) is 3. The van der Waals surface area contributed by atoms with Crippen molar-refractivity contribution in [2.24, 2.45) is 46.3 Å². The molecule has 4 fully saturated rings. The van der Waals surface area contributed by atoms with Gasteiger partial charge in [-0.1, -0.05) is 20.8 Å². The summed E-state index contributed by atoms with van der Waals surface area (Å²) in [6.45, 7) is 7.31. The Morgan fingerprint density at radius 3 is 2.45 bits per heavy atom. The average Bonchev–Trinajstić information content (AvgIpc) is 3.25. The first-order chi connectivity index (χ1) is 18.1. The van der Waals surface area contributed by atoms with Gasteiger partial charge in [0.15, 0.2) is 11.5 Å². The van der Waals surface area contributed by atoms with Crippen molar-refractivity contribution in [3.8, 4) is 11.5 Å². The zero-order valence-electron chi connectivity index (χ0n) is 24.0.